The summed E-state index contributed by atoms with van der Waals surface area (Å²) in [5.41, 5.74) is 1.16. The molecule has 1 amide bonds. The molecule has 0 radical (unpaired) electrons. The SMILES string of the molecule is O=C1C(=Cc2c(N3CCN(c4ccccc4F)CC3)nc3ccccn3c2=O)SC(=S)N1CC1CCCO1. The van der Waals surface area contributed by atoms with Crippen molar-refractivity contribution in [2.24, 2.45) is 0 Å². The first-order chi connectivity index (χ1) is 18.5. The number of hydrogen-bond acceptors (Lipinski definition) is 8. The number of benzene rings is 1. The van der Waals surface area contributed by atoms with Gasteiger partial charge in [0.25, 0.3) is 11.5 Å². The van der Waals surface area contributed by atoms with Crippen LogP contribution in [0.4, 0.5) is 15.9 Å². The molecule has 38 heavy (non-hydrogen) atoms. The highest BCUT2D eigenvalue weighted by Crippen LogP contribution is 2.34. The number of thiocarbonyl (C=S) groups is 1. The fourth-order valence-electron chi connectivity index (χ4n) is 5.11. The lowest BCUT2D eigenvalue weighted by atomic mass is 10.2. The molecule has 196 valence electrons. The summed E-state index contributed by atoms with van der Waals surface area (Å²) in [6.45, 7) is 3.35. The van der Waals surface area contributed by atoms with Crippen LogP contribution in [0.5, 0.6) is 0 Å². The molecule has 0 bridgehead atoms. The molecule has 8 nitrogen and oxygen atoms in total. The maximum Gasteiger partial charge on any atom is 0.267 e. The minimum atomic E-state index is -0.258. The molecule has 1 aromatic carbocycles. The lowest BCUT2D eigenvalue weighted by Gasteiger charge is -2.37. The fraction of sp³-hybridized carbons (Fsp3) is 0.333. The molecule has 1 atom stereocenters. The van der Waals surface area contributed by atoms with E-state index in [0.29, 0.717) is 71.3 Å². The second kappa shape index (κ2) is 10.5. The number of fused-ring (bicyclic) bond motifs is 1. The van der Waals surface area contributed by atoms with Crippen molar-refractivity contribution < 1.29 is 13.9 Å². The molecule has 0 spiro atoms. The van der Waals surface area contributed by atoms with Gasteiger partial charge in [-0.3, -0.25) is 18.9 Å². The largest absolute Gasteiger partial charge is 0.376 e. The van der Waals surface area contributed by atoms with E-state index in [1.807, 2.05) is 21.9 Å². The van der Waals surface area contributed by atoms with Gasteiger partial charge < -0.3 is 14.5 Å². The Hall–Kier alpha value is -3.28. The lowest BCUT2D eigenvalue weighted by Crippen LogP contribution is -2.47. The van der Waals surface area contributed by atoms with Crippen molar-refractivity contribution in [1.29, 1.82) is 0 Å². The first-order valence-electron chi connectivity index (χ1n) is 12.6. The van der Waals surface area contributed by atoms with Crippen molar-refractivity contribution in [3.05, 3.63) is 75.3 Å². The number of ether oxygens (including phenoxy) is 1. The number of anilines is 2. The van der Waals surface area contributed by atoms with Crippen molar-refractivity contribution in [2.45, 2.75) is 18.9 Å². The predicted octanol–water partition coefficient (Wildman–Crippen LogP) is 3.54. The molecule has 3 aromatic rings. The molecule has 0 N–H and O–H groups in total. The number of rotatable bonds is 5. The maximum absolute atomic E-state index is 14.4. The standard InChI is InChI=1S/C27H26FN5O3S2/c28-20-7-1-2-8-21(20)30-11-13-31(14-12-30)24-19(25(34)32-10-4-3-9-23(32)29-24)16-22-26(35)33(27(37)38-22)17-18-6-5-15-36-18/h1-4,7-10,16,18H,5-6,11-15,17H2. The summed E-state index contributed by atoms with van der Waals surface area (Å²) in [7, 11) is 0. The van der Waals surface area contributed by atoms with Crippen LogP contribution in [0.1, 0.15) is 18.4 Å². The first kappa shape index (κ1) is 25.0. The highest BCUT2D eigenvalue weighted by molar-refractivity contribution is 8.26. The Morgan fingerprint density at radius 3 is 2.61 bits per heavy atom. The zero-order valence-electron chi connectivity index (χ0n) is 20.6. The zero-order chi connectivity index (χ0) is 26.2. The number of hydrogen-bond donors (Lipinski definition) is 0. The van der Waals surface area contributed by atoms with Gasteiger partial charge in [0.2, 0.25) is 0 Å². The van der Waals surface area contributed by atoms with Gasteiger partial charge in [0, 0.05) is 39.0 Å². The molecular formula is C27H26FN5O3S2. The Kier molecular flexibility index (Phi) is 6.89. The second-order valence-electron chi connectivity index (χ2n) is 9.44. The van der Waals surface area contributed by atoms with Gasteiger partial charge in [-0.05, 0) is 43.2 Å². The average molecular weight is 552 g/mol. The fourth-order valence-corrected chi connectivity index (χ4v) is 6.36. The number of pyridine rings is 1. The average Bonchev–Trinajstić information content (AvgIpc) is 3.54. The van der Waals surface area contributed by atoms with Crippen molar-refractivity contribution in [2.75, 3.05) is 49.1 Å². The number of nitrogens with zero attached hydrogens (tertiary/aromatic N) is 5. The predicted molar refractivity (Wildman–Crippen MR) is 151 cm³/mol. The van der Waals surface area contributed by atoms with Gasteiger partial charge in [0.05, 0.1) is 28.8 Å². The molecule has 3 fully saturated rings. The molecular weight excluding hydrogens is 525 g/mol. The van der Waals surface area contributed by atoms with Crippen LogP contribution in [-0.2, 0) is 9.53 Å². The topological polar surface area (TPSA) is 70.4 Å². The van der Waals surface area contributed by atoms with E-state index in [-0.39, 0.29) is 23.4 Å². The Morgan fingerprint density at radius 1 is 1.08 bits per heavy atom. The number of para-hydroxylation sites is 1. The third kappa shape index (κ3) is 4.70. The van der Waals surface area contributed by atoms with E-state index in [2.05, 4.69) is 0 Å². The highest BCUT2D eigenvalue weighted by atomic mass is 32.2. The van der Waals surface area contributed by atoms with Crippen LogP contribution in [0.25, 0.3) is 11.7 Å². The maximum atomic E-state index is 14.4. The van der Waals surface area contributed by atoms with Gasteiger partial charge in [-0.1, -0.05) is 42.2 Å². The van der Waals surface area contributed by atoms with Gasteiger partial charge in [-0.15, -0.1) is 0 Å². The van der Waals surface area contributed by atoms with E-state index < -0.39 is 0 Å². The number of carbonyl (C=O) groups is 1. The lowest BCUT2D eigenvalue weighted by molar-refractivity contribution is -0.123. The number of aromatic nitrogens is 2. The molecule has 2 aromatic heterocycles. The first-order valence-corrected chi connectivity index (χ1v) is 13.8. The summed E-state index contributed by atoms with van der Waals surface area (Å²) >= 11 is 6.71. The monoisotopic (exact) mass is 551 g/mol. The zero-order valence-corrected chi connectivity index (χ0v) is 22.2. The molecule has 3 aliphatic heterocycles. The third-order valence-corrected chi connectivity index (χ3v) is 8.46. The molecule has 0 aliphatic carbocycles. The molecule has 1 unspecified atom stereocenters. The molecule has 11 heteroatoms. The van der Waals surface area contributed by atoms with Gasteiger partial charge in [0.1, 0.15) is 21.6 Å². The van der Waals surface area contributed by atoms with E-state index in [4.69, 9.17) is 21.9 Å². The molecule has 5 heterocycles. The number of thioether (sulfide) groups is 1. The Morgan fingerprint density at radius 2 is 1.84 bits per heavy atom. The molecule has 6 rings (SSSR count). The second-order valence-corrected chi connectivity index (χ2v) is 11.1. The van der Waals surface area contributed by atoms with E-state index in [1.54, 1.807) is 41.4 Å². The third-order valence-electron chi connectivity index (χ3n) is 7.08. The van der Waals surface area contributed by atoms with Crippen LogP contribution >= 0.6 is 24.0 Å². The molecule has 3 saturated heterocycles. The van der Waals surface area contributed by atoms with Crippen LogP contribution in [-0.4, -0.2) is 69.9 Å². The van der Waals surface area contributed by atoms with E-state index >= 15 is 0 Å². The quantitative estimate of drug-likeness (QED) is 0.352. The Bertz CT molecular complexity index is 1500. The van der Waals surface area contributed by atoms with E-state index in [0.717, 1.165) is 12.8 Å². The van der Waals surface area contributed by atoms with Crippen LogP contribution in [0, 0.1) is 5.82 Å². The van der Waals surface area contributed by atoms with Gasteiger partial charge in [0.15, 0.2) is 0 Å². The summed E-state index contributed by atoms with van der Waals surface area (Å²) in [4.78, 5) is 37.8. The number of piperazine rings is 1. The van der Waals surface area contributed by atoms with E-state index in [9.17, 15) is 14.0 Å². The van der Waals surface area contributed by atoms with Gasteiger partial charge in [-0.25, -0.2) is 9.37 Å². The number of halogens is 1. The Balaban J connectivity index is 1.33. The minimum Gasteiger partial charge on any atom is -0.376 e. The minimum absolute atomic E-state index is 0.0221. The summed E-state index contributed by atoms with van der Waals surface area (Å²) in [6.07, 6.45) is 5.15. The van der Waals surface area contributed by atoms with E-state index in [1.165, 1.54) is 22.2 Å². The van der Waals surface area contributed by atoms with Crippen LogP contribution < -0.4 is 15.4 Å². The smallest absolute Gasteiger partial charge is 0.267 e. The van der Waals surface area contributed by atoms with Crippen molar-refractivity contribution in [3.63, 3.8) is 0 Å². The van der Waals surface area contributed by atoms with Crippen LogP contribution in [0.2, 0.25) is 0 Å². The molecule has 3 aliphatic rings. The molecule has 0 saturated carbocycles. The van der Waals surface area contributed by atoms with Gasteiger partial charge >= 0.3 is 0 Å². The van der Waals surface area contributed by atoms with Crippen molar-refractivity contribution in [1.82, 2.24) is 14.3 Å². The van der Waals surface area contributed by atoms with Crippen LogP contribution in [0.3, 0.4) is 0 Å². The number of carbonyl (C=O) groups excluding carboxylic acids is 1. The normalized spacial score (nSPS) is 21.3. The summed E-state index contributed by atoms with van der Waals surface area (Å²) in [6, 6.07) is 12.1. The summed E-state index contributed by atoms with van der Waals surface area (Å²) in [5.74, 6) is 0.0379. The van der Waals surface area contributed by atoms with Crippen LogP contribution in [0.15, 0.2) is 58.4 Å². The summed E-state index contributed by atoms with van der Waals surface area (Å²) < 4.78 is 22.0. The van der Waals surface area contributed by atoms with Gasteiger partial charge in [-0.2, -0.15) is 0 Å². The highest BCUT2D eigenvalue weighted by Gasteiger charge is 2.35. The summed E-state index contributed by atoms with van der Waals surface area (Å²) in [5, 5.41) is 0. The number of amides is 1. The van der Waals surface area contributed by atoms with Crippen molar-refractivity contribution in [3.8, 4) is 0 Å². The van der Waals surface area contributed by atoms with Crippen molar-refractivity contribution >= 4 is 57.4 Å². The Labute approximate surface area is 228 Å².